The van der Waals surface area contributed by atoms with E-state index in [1.54, 1.807) is 36.4 Å². The standard InChI is InChI=1S/C21H28N4O4S/c1-3-4-5-6-10-21(27)22-19-8-7-9-20(15-19)30(28,29)25-18-13-11-17(12-14-18)24-23-16(2)26/h7-9,11-15,24-25H,3-6,10H2,1-2H3,(H,22,27)(H,23,26). The third-order valence-electron chi connectivity index (χ3n) is 4.21. The largest absolute Gasteiger partial charge is 0.326 e. The van der Waals surface area contributed by atoms with Gasteiger partial charge in [0.15, 0.2) is 0 Å². The summed E-state index contributed by atoms with van der Waals surface area (Å²) in [6, 6.07) is 12.5. The Balaban J connectivity index is 1.99. The first-order valence-electron chi connectivity index (χ1n) is 9.85. The predicted molar refractivity (Wildman–Crippen MR) is 119 cm³/mol. The Labute approximate surface area is 177 Å². The van der Waals surface area contributed by atoms with Crippen molar-refractivity contribution in [1.29, 1.82) is 0 Å². The summed E-state index contributed by atoms with van der Waals surface area (Å²) in [5.74, 6) is -0.372. The van der Waals surface area contributed by atoms with Crippen molar-refractivity contribution >= 4 is 38.9 Å². The molecule has 0 radical (unpaired) electrons. The first-order chi connectivity index (χ1) is 14.3. The fourth-order valence-corrected chi connectivity index (χ4v) is 3.78. The van der Waals surface area contributed by atoms with E-state index in [0.29, 0.717) is 23.5 Å². The zero-order chi connectivity index (χ0) is 22.0. The van der Waals surface area contributed by atoms with Crippen LogP contribution in [0.5, 0.6) is 0 Å². The highest BCUT2D eigenvalue weighted by Gasteiger charge is 2.15. The summed E-state index contributed by atoms with van der Waals surface area (Å²) in [6.07, 6.45) is 4.42. The van der Waals surface area contributed by atoms with Gasteiger partial charge in [-0.15, -0.1) is 0 Å². The van der Waals surface area contributed by atoms with Crippen LogP contribution in [-0.2, 0) is 19.6 Å². The van der Waals surface area contributed by atoms with E-state index in [-0.39, 0.29) is 16.7 Å². The SMILES string of the molecule is CCCCCCC(=O)Nc1cccc(S(=O)(=O)Nc2ccc(NNC(C)=O)cc2)c1. The van der Waals surface area contributed by atoms with Crippen LogP contribution in [0, 0.1) is 0 Å². The number of sulfonamides is 1. The summed E-state index contributed by atoms with van der Waals surface area (Å²) in [6.45, 7) is 3.48. The van der Waals surface area contributed by atoms with Crippen molar-refractivity contribution in [3.8, 4) is 0 Å². The maximum atomic E-state index is 12.7. The van der Waals surface area contributed by atoms with Crippen molar-refractivity contribution in [1.82, 2.24) is 5.43 Å². The van der Waals surface area contributed by atoms with Crippen LogP contribution >= 0.6 is 0 Å². The molecule has 0 aliphatic rings. The fourth-order valence-electron chi connectivity index (χ4n) is 2.67. The smallest absolute Gasteiger partial charge is 0.261 e. The monoisotopic (exact) mass is 432 g/mol. The number of nitrogens with one attached hydrogen (secondary N) is 4. The van der Waals surface area contributed by atoms with Gasteiger partial charge in [0, 0.05) is 24.7 Å². The number of carbonyl (C=O) groups is 2. The molecule has 0 aliphatic carbocycles. The van der Waals surface area contributed by atoms with Crippen LogP contribution in [0.2, 0.25) is 0 Å². The molecule has 2 amide bonds. The van der Waals surface area contributed by atoms with Gasteiger partial charge < -0.3 is 5.32 Å². The van der Waals surface area contributed by atoms with Gasteiger partial charge in [0.25, 0.3) is 10.0 Å². The first kappa shape index (κ1) is 23.2. The molecule has 0 saturated carbocycles. The fraction of sp³-hybridized carbons (Fsp3) is 0.333. The van der Waals surface area contributed by atoms with E-state index in [4.69, 9.17) is 0 Å². The third kappa shape index (κ3) is 7.75. The van der Waals surface area contributed by atoms with Crippen molar-refractivity contribution in [2.24, 2.45) is 0 Å². The highest BCUT2D eigenvalue weighted by molar-refractivity contribution is 7.92. The molecule has 0 fully saturated rings. The van der Waals surface area contributed by atoms with E-state index in [9.17, 15) is 18.0 Å². The minimum absolute atomic E-state index is 0.0479. The molecule has 2 aromatic rings. The van der Waals surface area contributed by atoms with Crippen molar-refractivity contribution in [3.63, 3.8) is 0 Å². The van der Waals surface area contributed by atoms with Crippen LogP contribution in [0.4, 0.5) is 17.1 Å². The molecule has 0 bridgehead atoms. The molecule has 9 heteroatoms. The van der Waals surface area contributed by atoms with Crippen LogP contribution in [0.1, 0.15) is 46.0 Å². The van der Waals surface area contributed by atoms with Gasteiger partial charge in [0.05, 0.1) is 10.6 Å². The number of rotatable bonds is 11. The molecule has 0 spiro atoms. The molecular formula is C21H28N4O4S. The van der Waals surface area contributed by atoms with Gasteiger partial charge in [-0.25, -0.2) is 8.42 Å². The lowest BCUT2D eigenvalue weighted by atomic mass is 10.1. The van der Waals surface area contributed by atoms with Gasteiger partial charge in [-0.2, -0.15) is 0 Å². The lowest BCUT2D eigenvalue weighted by Gasteiger charge is -2.11. The van der Waals surface area contributed by atoms with Gasteiger partial charge in [0.1, 0.15) is 0 Å². The molecule has 0 unspecified atom stereocenters. The minimum Gasteiger partial charge on any atom is -0.326 e. The predicted octanol–water partition coefficient (Wildman–Crippen LogP) is 3.86. The number of benzene rings is 2. The molecule has 30 heavy (non-hydrogen) atoms. The van der Waals surface area contributed by atoms with Crippen LogP contribution in [0.25, 0.3) is 0 Å². The highest BCUT2D eigenvalue weighted by atomic mass is 32.2. The lowest BCUT2D eigenvalue weighted by molar-refractivity contribution is -0.118. The second kappa shape index (κ2) is 11.2. The van der Waals surface area contributed by atoms with E-state index in [1.807, 2.05) is 0 Å². The Bertz CT molecular complexity index is 959. The van der Waals surface area contributed by atoms with Crippen LogP contribution < -0.4 is 20.9 Å². The van der Waals surface area contributed by atoms with Crippen molar-refractivity contribution in [2.45, 2.75) is 50.8 Å². The van der Waals surface area contributed by atoms with Gasteiger partial charge in [-0.3, -0.25) is 25.2 Å². The number of hydrogen-bond donors (Lipinski definition) is 4. The number of unbranched alkanes of at least 4 members (excludes halogenated alkanes) is 3. The lowest BCUT2D eigenvalue weighted by Crippen LogP contribution is -2.26. The van der Waals surface area contributed by atoms with Crippen molar-refractivity contribution < 1.29 is 18.0 Å². The molecular weight excluding hydrogens is 404 g/mol. The molecule has 2 aromatic carbocycles. The van der Waals surface area contributed by atoms with Gasteiger partial charge in [0.2, 0.25) is 11.8 Å². The molecule has 4 N–H and O–H groups in total. The van der Waals surface area contributed by atoms with E-state index in [1.165, 1.54) is 19.1 Å². The maximum absolute atomic E-state index is 12.7. The molecule has 2 rings (SSSR count). The van der Waals surface area contributed by atoms with E-state index >= 15 is 0 Å². The number of hydrogen-bond acceptors (Lipinski definition) is 5. The first-order valence-corrected chi connectivity index (χ1v) is 11.3. The van der Waals surface area contributed by atoms with Crippen molar-refractivity contribution in [2.75, 3.05) is 15.5 Å². The van der Waals surface area contributed by atoms with E-state index in [2.05, 4.69) is 27.8 Å². The van der Waals surface area contributed by atoms with Gasteiger partial charge in [-0.1, -0.05) is 32.3 Å². The number of hydrazine groups is 1. The Morgan fingerprint density at radius 1 is 0.900 bits per heavy atom. The third-order valence-corrected chi connectivity index (χ3v) is 5.58. The maximum Gasteiger partial charge on any atom is 0.261 e. The summed E-state index contributed by atoms with van der Waals surface area (Å²) in [4.78, 5) is 23.0. The Kier molecular flexibility index (Phi) is 8.67. The van der Waals surface area contributed by atoms with Crippen LogP contribution in [-0.4, -0.2) is 20.2 Å². The average molecular weight is 433 g/mol. The van der Waals surface area contributed by atoms with Crippen molar-refractivity contribution in [3.05, 3.63) is 48.5 Å². The summed E-state index contributed by atoms with van der Waals surface area (Å²) >= 11 is 0. The van der Waals surface area contributed by atoms with Crippen LogP contribution in [0.15, 0.2) is 53.4 Å². The number of anilines is 3. The van der Waals surface area contributed by atoms with Gasteiger partial charge >= 0.3 is 0 Å². The van der Waals surface area contributed by atoms with Gasteiger partial charge in [-0.05, 0) is 48.9 Å². The minimum atomic E-state index is -3.83. The molecule has 0 aliphatic heterocycles. The highest BCUT2D eigenvalue weighted by Crippen LogP contribution is 2.21. The number of carbonyl (C=O) groups excluding carboxylic acids is 2. The molecule has 0 saturated heterocycles. The molecule has 8 nitrogen and oxygen atoms in total. The van der Waals surface area contributed by atoms with E-state index in [0.717, 1.165) is 25.7 Å². The summed E-state index contributed by atoms with van der Waals surface area (Å²) in [7, 11) is -3.83. The topological polar surface area (TPSA) is 116 Å². The molecule has 162 valence electrons. The van der Waals surface area contributed by atoms with Crippen LogP contribution in [0.3, 0.4) is 0 Å². The summed E-state index contributed by atoms with van der Waals surface area (Å²) in [5.41, 5.74) is 6.55. The molecule has 0 aromatic heterocycles. The number of amides is 2. The quantitative estimate of drug-likeness (QED) is 0.318. The zero-order valence-corrected chi connectivity index (χ0v) is 18.0. The normalized spacial score (nSPS) is 10.9. The Morgan fingerprint density at radius 3 is 2.27 bits per heavy atom. The zero-order valence-electron chi connectivity index (χ0n) is 17.2. The Hall–Kier alpha value is -3.07. The summed E-state index contributed by atoms with van der Waals surface area (Å²) < 4.78 is 27.9. The second-order valence-electron chi connectivity index (χ2n) is 6.88. The Morgan fingerprint density at radius 2 is 1.60 bits per heavy atom. The molecule has 0 heterocycles. The summed E-state index contributed by atoms with van der Waals surface area (Å²) in [5, 5.41) is 2.75. The van der Waals surface area contributed by atoms with E-state index < -0.39 is 10.0 Å². The second-order valence-corrected chi connectivity index (χ2v) is 8.56. The average Bonchev–Trinajstić information content (AvgIpc) is 2.70. The molecule has 0 atom stereocenters.